The van der Waals surface area contributed by atoms with Gasteiger partial charge in [-0.05, 0) is 6.92 Å². The summed E-state index contributed by atoms with van der Waals surface area (Å²) in [5, 5.41) is 7.00. The molecule has 0 bridgehead atoms. The first-order chi connectivity index (χ1) is 7.75. The predicted molar refractivity (Wildman–Crippen MR) is 59.9 cm³/mol. The van der Waals surface area contributed by atoms with Crippen molar-refractivity contribution in [2.24, 2.45) is 5.73 Å². The molecule has 0 amide bonds. The van der Waals surface area contributed by atoms with Crippen LogP contribution in [0.2, 0.25) is 0 Å². The second kappa shape index (κ2) is 5.38. The average Bonchev–Trinajstić information content (AvgIpc) is 2.76. The van der Waals surface area contributed by atoms with Gasteiger partial charge in [0.05, 0.1) is 19.3 Å². The van der Waals surface area contributed by atoms with Gasteiger partial charge in [-0.25, -0.2) is 4.98 Å². The summed E-state index contributed by atoms with van der Waals surface area (Å²) in [7, 11) is 0. The van der Waals surface area contributed by atoms with Crippen LogP contribution in [0.1, 0.15) is 24.6 Å². The van der Waals surface area contributed by atoms with Crippen molar-refractivity contribution in [3.8, 4) is 0 Å². The molecule has 6 nitrogen and oxygen atoms in total. The van der Waals surface area contributed by atoms with E-state index in [0.717, 1.165) is 45.1 Å². The molecule has 1 fully saturated rings. The molecule has 0 unspecified atom stereocenters. The number of aromatic nitrogens is 3. The second-order valence-electron chi connectivity index (χ2n) is 4.13. The first-order valence-electron chi connectivity index (χ1n) is 5.72. The maximum absolute atomic E-state index is 5.69. The molecule has 90 valence electrons. The molecule has 1 aliphatic rings. The van der Waals surface area contributed by atoms with Crippen molar-refractivity contribution in [2.75, 3.05) is 32.8 Å². The summed E-state index contributed by atoms with van der Waals surface area (Å²) in [6, 6.07) is -0.103. The molecular weight excluding hydrogens is 206 g/mol. The molecule has 1 saturated heterocycles. The highest BCUT2D eigenvalue weighted by atomic mass is 16.5. The van der Waals surface area contributed by atoms with E-state index >= 15 is 0 Å². The summed E-state index contributed by atoms with van der Waals surface area (Å²) in [4.78, 5) is 6.72. The fourth-order valence-electron chi connectivity index (χ4n) is 1.71. The first kappa shape index (κ1) is 11.5. The molecule has 0 spiro atoms. The lowest BCUT2D eigenvalue weighted by atomic mass is 10.3. The molecule has 1 aliphatic heterocycles. The molecular formula is C10H19N5O. The maximum Gasteiger partial charge on any atom is 0.167 e. The lowest BCUT2D eigenvalue weighted by Gasteiger charge is -2.25. The number of hydrogen-bond donors (Lipinski definition) is 2. The van der Waals surface area contributed by atoms with Crippen LogP contribution < -0.4 is 5.73 Å². The van der Waals surface area contributed by atoms with Gasteiger partial charge < -0.3 is 10.5 Å². The standard InChI is InChI=1S/C10H19N5O/c1-8(11)10-12-9(13-14-10)2-3-15-4-6-16-7-5-15/h8H,2-7,11H2,1H3,(H,12,13,14)/t8-/m1/s1. The van der Waals surface area contributed by atoms with Crippen molar-refractivity contribution in [3.63, 3.8) is 0 Å². The number of hydrogen-bond acceptors (Lipinski definition) is 5. The van der Waals surface area contributed by atoms with Crippen molar-refractivity contribution >= 4 is 0 Å². The van der Waals surface area contributed by atoms with Crippen molar-refractivity contribution in [1.82, 2.24) is 20.1 Å². The number of nitrogens with two attached hydrogens (primary N) is 1. The molecule has 2 rings (SSSR count). The Morgan fingerprint density at radius 2 is 2.25 bits per heavy atom. The van der Waals surface area contributed by atoms with E-state index in [1.807, 2.05) is 6.92 Å². The molecule has 1 atom stereocenters. The third kappa shape index (κ3) is 3.01. The van der Waals surface area contributed by atoms with Crippen LogP contribution in [0.5, 0.6) is 0 Å². The quantitative estimate of drug-likeness (QED) is 0.735. The zero-order chi connectivity index (χ0) is 11.4. The molecule has 3 N–H and O–H groups in total. The van der Waals surface area contributed by atoms with Gasteiger partial charge in [0, 0.05) is 26.1 Å². The number of aromatic amines is 1. The zero-order valence-electron chi connectivity index (χ0n) is 9.65. The van der Waals surface area contributed by atoms with Gasteiger partial charge in [-0.15, -0.1) is 0 Å². The van der Waals surface area contributed by atoms with Gasteiger partial charge in [0.15, 0.2) is 5.82 Å². The number of ether oxygens (including phenoxy) is 1. The third-order valence-corrected chi connectivity index (χ3v) is 2.72. The van der Waals surface area contributed by atoms with E-state index in [2.05, 4.69) is 20.1 Å². The fourth-order valence-corrected chi connectivity index (χ4v) is 1.71. The molecule has 0 aliphatic carbocycles. The lowest BCUT2D eigenvalue weighted by molar-refractivity contribution is 0.0382. The van der Waals surface area contributed by atoms with Crippen LogP contribution in [0, 0.1) is 0 Å². The number of H-pyrrole nitrogens is 1. The van der Waals surface area contributed by atoms with Crippen LogP contribution >= 0.6 is 0 Å². The van der Waals surface area contributed by atoms with Crippen molar-refractivity contribution < 1.29 is 4.74 Å². The lowest BCUT2D eigenvalue weighted by Crippen LogP contribution is -2.37. The second-order valence-corrected chi connectivity index (χ2v) is 4.13. The largest absolute Gasteiger partial charge is 0.379 e. The molecule has 6 heteroatoms. The van der Waals surface area contributed by atoms with Gasteiger partial charge in [-0.2, -0.15) is 5.10 Å². The number of morpholine rings is 1. The molecule has 1 aromatic rings. The average molecular weight is 225 g/mol. The van der Waals surface area contributed by atoms with Gasteiger partial charge in [0.1, 0.15) is 5.82 Å². The third-order valence-electron chi connectivity index (χ3n) is 2.72. The van der Waals surface area contributed by atoms with E-state index in [0.29, 0.717) is 5.82 Å². The number of nitrogens with zero attached hydrogens (tertiary/aromatic N) is 3. The van der Waals surface area contributed by atoms with E-state index in [-0.39, 0.29) is 6.04 Å². The highest BCUT2D eigenvalue weighted by Gasteiger charge is 2.12. The summed E-state index contributed by atoms with van der Waals surface area (Å²) < 4.78 is 5.29. The monoisotopic (exact) mass is 225 g/mol. The Balaban J connectivity index is 1.79. The first-order valence-corrected chi connectivity index (χ1v) is 5.72. The molecule has 0 aromatic carbocycles. The van der Waals surface area contributed by atoms with Crippen molar-refractivity contribution in [3.05, 3.63) is 11.6 Å². The SMILES string of the molecule is C[C@@H](N)c1n[nH]c(CCN2CCOCC2)n1. The molecule has 2 heterocycles. The zero-order valence-corrected chi connectivity index (χ0v) is 9.65. The Morgan fingerprint density at radius 1 is 1.50 bits per heavy atom. The molecule has 16 heavy (non-hydrogen) atoms. The summed E-state index contributed by atoms with van der Waals surface area (Å²) in [6.07, 6.45) is 0.889. The molecule has 1 aromatic heterocycles. The van der Waals surface area contributed by atoms with Crippen molar-refractivity contribution in [1.29, 1.82) is 0 Å². The summed E-state index contributed by atoms with van der Waals surface area (Å²) >= 11 is 0. The van der Waals surface area contributed by atoms with E-state index in [1.54, 1.807) is 0 Å². The van der Waals surface area contributed by atoms with E-state index in [4.69, 9.17) is 10.5 Å². The summed E-state index contributed by atoms with van der Waals surface area (Å²) in [5.74, 6) is 1.61. The van der Waals surface area contributed by atoms with Gasteiger partial charge in [0.25, 0.3) is 0 Å². The normalized spacial score (nSPS) is 19.9. The Bertz CT molecular complexity index is 319. The van der Waals surface area contributed by atoms with Crippen molar-refractivity contribution in [2.45, 2.75) is 19.4 Å². The van der Waals surface area contributed by atoms with Gasteiger partial charge in [-0.1, -0.05) is 0 Å². The molecule has 0 saturated carbocycles. The minimum Gasteiger partial charge on any atom is -0.379 e. The van der Waals surface area contributed by atoms with Gasteiger partial charge >= 0.3 is 0 Å². The fraction of sp³-hybridized carbons (Fsp3) is 0.800. The Labute approximate surface area is 95.2 Å². The van der Waals surface area contributed by atoms with E-state index in [9.17, 15) is 0 Å². The highest BCUT2D eigenvalue weighted by molar-refractivity contribution is 4.94. The van der Waals surface area contributed by atoms with Crippen LogP contribution in [0.4, 0.5) is 0 Å². The summed E-state index contributed by atoms with van der Waals surface area (Å²) in [6.45, 7) is 6.57. The minimum absolute atomic E-state index is 0.103. The smallest absolute Gasteiger partial charge is 0.167 e. The molecule has 0 radical (unpaired) electrons. The van der Waals surface area contributed by atoms with E-state index in [1.165, 1.54) is 0 Å². The van der Waals surface area contributed by atoms with E-state index < -0.39 is 0 Å². The Morgan fingerprint density at radius 3 is 2.88 bits per heavy atom. The number of rotatable bonds is 4. The topological polar surface area (TPSA) is 80.1 Å². The van der Waals surface area contributed by atoms with Gasteiger partial charge in [0.2, 0.25) is 0 Å². The predicted octanol–water partition coefficient (Wildman–Crippen LogP) is -0.301. The van der Waals surface area contributed by atoms with Crippen LogP contribution in [0.25, 0.3) is 0 Å². The highest BCUT2D eigenvalue weighted by Crippen LogP contribution is 2.04. The minimum atomic E-state index is -0.103. The Hall–Kier alpha value is -0.980. The maximum atomic E-state index is 5.69. The van der Waals surface area contributed by atoms with Gasteiger partial charge in [-0.3, -0.25) is 10.00 Å². The van der Waals surface area contributed by atoms with Crippen LogP contribution in [-0.4, -0.2) is 52.9 Å². The van der Waals surface area contributed by atoms with Crippen LogP contribution in [-0.2, 0) is 11.2 Å². The van der Waals surface area contributed by atoms with Crippen LogP contribution in [0.15, 0.2) is 0 Å². The Kier molecular flexibility index (Phi) is 3.87. The van der Waals surface area contributed by atoms with Crippen LogP contribution in [0.3, 0.4) is 0 Å². The number of nitrogens with one attached hydrogen (secondary N) is 1. The summed E-state index contributed by atoms with van der Waals surface area (Å²) in [5.41, 5.74) is 5.69.